The van der Waals surface area contributed by atoms with Gasteiger partial charge in [0.15, 0.2) is 5.82 Å². The van der Waals surface area contributed by atoms with Crippen LogP contribution in [-0.2, 0) is 22.7 Å². The summed E-state index contributed by atoms with van der Waals surface area (Å²) in [7, 11) is 1.63. The summed E-state index contributed by atoms with van der Waals surface area (Å²) in [5, 5.41) is 3.29. The largest absolute Gasteiger partial charge is 0.377 e. The molecule has 0 radical (unpaired) electrons. The third-order valence-electron chi connectivity index (χ3n) is 3.29. The molecule has 1 aliphatic rings. The van der Waals surface area contributed by atoms with Crippen molar-refractivity contribution in [1.82, 2.24) is 9.97 Å². The van der Waals surface area contributed by atoms with Gasteiger partial charge in [-0.05, 0) is 17.2 Å². The van der Waals surface area contributed by atoms with Gasteiger partial charge in [0.2, 0.25) is 0 Å². The fourth-order valence-electron chi connectivity index (χ4n) is 2.32. The second-order valence-electron chi connectivity index (χ2n) is 4.67. The highest BCUT2D eigenvalue weighted by molar-refractivity contribution is 5.36. The second kappa shape index (κ2) is 5.98. The smallest absolute Gasteiger partial charge is 0.156 e. The van der Waals surface area contributed by atoms with Crippen LogP contribution in [-0.4, -0.2) is 23.6 Å². The van der Waals surface area contributed by atoms with Gasteiger partial charge >= 0.3 is 0 Å². The van der Waals surface area contributed by atoms with Gasteiger partial charge in [-0.25, -0.2) is 9.97 Å². The number of methoxy groups -OCH3 is 1. The summed E-state index contributed by atoms with van der Waals surface area (Å²) in [4.78, 5) is 8.51. The fourth-order valence-corrected chi connectivity index (χ4v) is 2.32. The van der Waals surface area contributed by atoms with Crippen molar-refractivity contribution in [2.75, 3.05) is 19.0 Å². The second-order valence-corrected chi connectivity index (χ2v) is 4.67. The Hall–Kier alpha value is -1.98. The molecule has 3 rings (SSSR count). The lowest BCUT2D eigenvalue weighted by molar-refractivity contribution is 0.0752. The number of nitrogens with one attached hydrogen (secondary N) is 1. The molecule has 0 saturated heterocycles. The number of aromatic nitrogens is 2. The van der Waals surface area contributed by atoms with Crippen LogP contribution in [0.1, 0.15) is 23.1 Å². The van der Waals surface area contributed by atoms with Gasteiger partial charge in [0, 0.05) is 19.9 Å². The van der Waals surface area contributed by atoms with Crippen LogP contribution in [0.4, 0.5) is 5.82 Å². The molecule has 0 amide bonds. The van der Waals surface area contributed by atoms with E-state index in [0.717, 1.165) is 5.82 Å². The molecule has 0 saturated carbocycles. The molecular formula is C15H17N3O2. The van der Waals surface area contributed by atoms with Crippen LogP contribution in [0.25, 0.3) is 0 Å². The zero-order chi connectivity index (χ0) is 13.8. The minimum Gasteiger partial charge on any atom is -0.377 e. The Kier molecular flexibility index (Phi) is 3.90. The topological polar surface area (TPSA) is 56.3 Å². The lowest BCUT2D eigenvalue weighted by atomic mass is 10.1. The van der Waals surface area contributed by atoms with Crippen molar-refractivity contribution in [3.8, 4) is 0 Å². The molecule has 1 N–H and O–H groups in total. The monoisotopic (exact) mass is 271 g/mol. The van der Waals surface area contributed by atoms with Crippen molar-refractivity contribution in [2.45, 2.75) is 19.3 Å². The van der Waals surface area contributed by atoms with E-state index in [1.807, 2.05) is 18.2 Å². The van der Waals surface area contributed by atoms with Crippen LogP contribution in [0.15, 0.2) is 36.5 Å². The third kappa shape index (κ3) is 2.79. The van der Waals surface area contributed by atoms with Gasteiger partial charge in [-0.15, -0.1) is 0 Å². The number of benzene rings is 1. The molecule has 5 heteroatoms. The van der Waals surface area contributed by atoms with Crippen LogP contribution in [0.2, 0.25) is 0 Å². The first-order valence-corrected chi connectivity index (χ1v) is 6.61. The van der Waals surface area contributed by atoms with Gasteiger partial charge in [0.25, 0.3) is 0 Å². The van der Waals surface area contributed by atoms with Crippen LogP contribution < -0.4 is 5.32 Å². The highest BCUT2D eigenvalue weighted by Crippen LogP contribution is 2.30. The van der Waals surface area contributed by atoms with Crippen molar-refractivity contribution in [3.63, 3.8) is 0 Å². The molecule has 2 aromatic rings. The van der Waals surface area contributed by atoms with Crippen molar-refractivity contribution in [2.24, 2.45) is 0 Å². The SMILES string of the molecule is COCc1nccc(NCC2OCc3ccccc32)n1. The quantitative estimate of drug-likeness (QED) is 0.904. The van der Waals surface area contributed by atoms with E-state index in [2.05, 4.69) is 27.4 Å². The first kappa shape index (κ1) is 13.0. The minimum atomic E-state index is 0.0760. The van der Waals surface area contributed by atoms with E-state index in [1.54, 1.807) is 13.3 Å². The molecule has 1 atom stereocenters. The van der Waals surface area contributed by atoms with Gasteiger partial charge in [-0.1, -0.05) is 24.3 Å². The Labute approximate surface area is 118 Å². The highest BCUT2D eigenvalue weighted by Gasteiger charge is 2.22. The third-order valence-corrected chi connectivity index (χ3v) is 3.29. The molecule has 0 aliphatic carbocycles. The van der Waals surface area contributed by atoms with Gasteiger partial charge in [0.05, 0.1) is 6.61 Å². The summed E-state index contributed by atoms with van der Waals surface area (Å²) < 4.78 is 10.8. The molecule has 0 spiro atoms. The molecule has 1 unspecified atom stereocenters. The Morgan fingerprint density at radius 1 is 1.35 bits per heavy atom. The normalized spacial score (nSPS) is 16.9. The zero-order valence-electron chi connectivity index (χ0n) is 11.4. The molecule has 104 valence electrons. The van der Waals surface area contributed by atoms with Gasteiger partial charge in [-0.3, -0.25) is 0 Å². The highest BCUT2D eigenvalue weighted by atomic mass is 16.5. The predicted octanol–water partition coefficient (Wildman–Crippen LogP) is 2.31. The standard InChI is InChI=1S/C15H17N3O2/c1-19-10-15-16-7-6-14(18-15)17-8-13-12-5-3-2-4-11(12)9-20-13/h2-7,13H,8-10H2,1H3,(H,16,17,18). The summed E-state index contributed by atoms with van der Waals surface area (Å²) in [6.07, 6.45) is 1.81. The van der Waals surface area contributed by atoms with E-state index in [9.17, 15) is 0 Å². The first-order chi connectivity index (χ1) is 9.86. The number of ether oxygens (including phenoxy) is 2. The number of anilines is 1. The maximum atomic E-state index is 5.79. The number of fused-ring (bicyclic) bond motifs is 1. The predicted molar refractivity (Wildman–Crippen MR) is 75.2 cm³/mol. The number of nitrogens with zero attached hydrogens (tertiary/aromatic N) is 2. The fraction of sp³-hybridized carbons (Fsp3) is 0.333. The summed E-state index contributed by atoms with van der Waals surface area (Å²) >= 11 is 0. The summed E-state index contributed by atoms with van der Waals surface area (Å²) in [6, 6.07) is 10.2. The van der Waals surface area contributed by atoms with Crippen molar-refractivity contribution in [1.29, 1.82) is 0 Å². The molecule has 0 bridgehead atoms. The molecule has 20 heavy (non-hydrogen) atoms. The van der Waals surface area contributed by atoms with E-state index in [4.69, 9.17) is 9.47 Å². The van der Waals surface area contributed by atoms with Crippen molar-refractivity contribution in [3.05, 3.63) is 53.5 Å². The molecule has 5 nitrogen and oxygen atoms in total. The molecule has 1 aliphatic heterocycles. The van der Waals surface area contributed by atoms with Crippen molar-refractivity contribution >= 4 is 5.82 Å². The maximum Gasteiger partial charge on any atom is 0.156 e. The Balaban J connectivity index is 1.64. The molecule has 1 aromatic heterocycles. The van der Waals surface area contributed by atoms with Crippen LogP contribution in [0.3, 0.4) is 0 Å². The van der Waals surface area contributed by atoms with E-state index in [0.29, 0.717) is 25.6 Å². The van der Waals surface area contributed by atoms with Gasteiger partial charge < -0.3 is 14.8 Å². The zero-order valence-corrected chi connectivity index (χ0v) is 11.4. The van der Waals surface area contributed by atoms with E-state index < -0.39 is 0 Å². The Morgan fingerprint density at radius 3 is 3.15 bits per heavy atom. The van der Waals surface area contributed by atoms with E-state index in [-0.39, 0.29) is 6.10 Å². The van der Waals surface area contributed by atoms with Crippen LogP contribution >= 0.6 is 0 Å². The Morgan fingerprint density at radius 2 is 2.25 bits per heavy atom. The summed E-state index contributed by atoms with van der Waals surface area (Å²) in [6.45, 7) is 1.79. The summed E-state index contributed by atoms with van der Waals surface area (Å²) in [5.74, 6) is 1.46. The number of hydrogen-bond donors (Lipinski definition) is 1. The number of rotatable bonds is 5. The lowest BCUT2D eigenvalue weighted by Gasteiger charge is -2.13. The van der Waals surface area contributed by atoms with Crippen LogP contribution in [0, 0.1) is 0 Å². The minimum absolute atomic E-state index is 0.0760. The van der Waals surface area contributed by atoms with Crippen LogP contribution in [0.5, 0.6) is 0 Å². The van der Waals surface area contributed by atoms with Gasteiger partial charge in [0.1, 0.15) is 18.5 Å². The summed E-state index contributed by atoms with van der Waals surface area (Å²) in [5.41, 5.74) is 2.52. The molecule has 2 heterocycles. The Bertz CT molecular complexity index is 589. The van der Waals surface area contributed by atoms with E-state index >= 15 is 0 Å². The first-order valence-electron chi connectivity index (χ1n) is 6.61. The van der Waals surface area contributed by atoms with Crippen molar-refractivity contribution < 1.29 is 9.47 Å². The van der Waals surface area contributed by atoms with E-state index in [1.165, 1.54) is 11.1 Å². The average molecular weight is 271 g/mol. The molecular weight excluding hydrogens is 254 g/mol. The molecule has 1 aromatic carbocycles. The number of hydrogen-bond acceptors (Lipinski definition) is 5. The molecule has 0 fully saturated rings. The lowest BCUT2D eigenvalue weighted by Crippen LogP contribution is -2.13. The average Bonchev–Trinajstić information content (AvgIpc) is 2.89. The van der Waals surface area contributed by atoms with Gasteiger partial charge in [-0.2, -0.15) is 0 Å². The maximum absolute atomic E-state index is 5.79.